The second-order valence-electron chi connectivity index (χ2n) is 8.64. The van der Waals surface area contributed by atoms with E-state index >= 15 is 0 Å². The molecule has 0 fully saturated rings. The molecule has 0 radical (unpaired) electrons. The van der Waals surface area contributed by atoms with Crippen LogP contribution in [0.25, 0.3) is 44.8 Å². The number of benzene rings is 4. The fourth-order valence-electron chi connectivity index (χ4n) is 3.99. The highest BCUT2D eigenvalue weighted by Gasteiger charge is 2.08. The van der Waals surface area contributed by atoms with E-state index < -0.39 is 0 Å². The molecule has 0 aliphatic carbocycles. The predicted molar refractivity (Wildman–Crippen MR) is 173 cm³/mol. The third kappa shape index (κ3) is 7.53. The minimum Gasteiger partial charge on any atom is -0.508 e. The van der Waals surface area contributed by atoms with Crippen LogP contribution in [0.5, 0.6) is 11.5 Å². The van der Waals surface area contributed by atoms with Crippen molar-refractivity contribution >= 4 is 72.5 Å². The number of imidazole rings is 2. The monoisotopic (exact) mass is 710 g/mol. The Labute approximate surface area is 252 Å². The van der Waals surface area contributed by atoms with E-state index in [4.69, 9.17) is 4.74 Å². The fraction of sp³-hybridized carbons (Fsp3) is 0.103. The van der Waals surface area contributed by atoms with Gasteiger partial charge in [-0.25, -0.2) is 9.97 Å². The van der Waals surface area contributed by atoms with E-state index in [0.717, 1.165) is 56.2 Å². The van der Waals surface area contributed by atoms with Crippen LogP contribution in [0.3, 0.4) is 0 Å². The Bertz CT molecular complexity index is 1660. The summed E-state index contributed by atoms with van der Waals surface area (Å²) in [4.78, 5) is 15.8. The summed E-state index contributed by atoms with van der Waals surface area (Å²) >= 11 is 9.31. The minimum absolute atomic E-state index is 0.265. The van der Waals surface area contributed by atoms with Gasteiger partial charge < -0.3 is 19.8 Å². The van der Waals surface area contributed by atoms with Crippen LogP contribution in [0.1, 0.15) is 11.1 Å². The molecule has 3 N–H and O–H groups in total. The van der Waals surface area contributed by atoms with Crippen molar-refractivity contribution in [1.82, 2.24) is 19.9 Å². The summed E-state index contributed by atoms with van der Waals surface area (Å²) in [6.07, 6.45) is 0. The summed E-state index contributed by atoms with van der Waals surface area (Å²) in [5.41, 5.74) is 8.50. The molecule has 6 aromatic rings. The van der Waals surface area contributed by atoms with Gasteiger partial charge in [0, 0.05) is 11.1 Å². The number of H-pyrrole nitrogens is 2. The van der Waals surface area contributed by atoms with Crippen molar-refractivity contribution in [2.75, 3.05) is 7.11 Å². The van der Waals surface area contributed by atoms with Gasteiger partial charge in [0.1, 0.15) is 23.1 Å². The van der Waals surface area contributed by atoms with Crippen molar-refractivity contribution in [2.24, 2.45) is 0 Å². The number of aromatic hydroxyl groups is 1. The number of methoxy groups -OCH3 is 1. The molecular formula is C29H26BBr3N4O2. The number of phenolic OH excluding ortho intramolecular Hbond substituents is 1. The molecule has 0 atom stereocenters. The summed E-state index contributed by atoms with van der Waals surface area (Å²) in [5.74, 6) is 2.84. The second-order valence-corrected chi connectivity index (χ2v) is 15.1. The molecule has 0 saturated carbocycles. The lowest BCUT2D eigenvalue weighted by Crippen LogP contribution is -1.83. The summed E-state index contributed by atoms with van der Waals surface area (Å²) < 4.78 is 5.42. The number of aromatic amines is 2. The van der Waals surface area contributed by atoms with E-state index in [1.807, 2.05) is 73.7 Å². The highest BCUT2D eigenvalue weighted by molar-refractivity contribution is 9.69. The molecule has 0 amide bonds. The molecule has 6 rings (SSSR count). The molecule has 198 valence electrons. The lowest BCUT2D eigenvalue weighted by Gasteiger charge is -2.00. The summed E-state index contributed by atoms with van der Waals surface area (Å²) in [6.45, 7) is 4.12. The van der Waals surface area contributed by atoms with Crippen LogP contribution in [-0.2, 0) is 0 Å². The van der Waals surface area contributed by atoms with E-state index in [1.165, 1.54) is 5.56 Å². The molecule has 0 spiro atoms. The van der Waals surface area contributed by atoms with Gasteiger partial charge in [0.25, 0.3) is 0 Å². The van der Waals surface area contributed by atoms with Crippen molar-refractivity contribution in [2.45, 2.75) is 13.8 Å². The van der Waals surface area contributed by atoms with Crippen LogP contribution in [0.15, 0.2) is 84.9 Å². The highest BCUT2D eigenvalue weighted by Crippen LogP contribution is 2.25. The van der Waals surface area contributed by atoms with Crippen LogP contribution >= 0.6 is 47.3 Å². The van der Waals surface area contributed by atoms with E-state index in [9.17, 15) is 5.11 Å². The van der Waals surface area contributed by atoms with Gasteiger partial charge >= 0.3 is 3.18 Å². The van der Waals surface area contributed by atoms with E-state index in [1.54, 1.807) is 19.2 Å². The van der Waals surface area contributed by atoms with Crippen LogP contribution in [0.2, 0.25) is 0 Å². The Kier molecular flexibility index (Phi) is 9.88. The summed E-state index contributed by atoms with van der Waals surface area (Å²) in [7, 11) is 1.67. The lowest BCUT2D eigenvalue weighted by molar-refractivity contribution is 0.415. The molecular weight excluding hydrogens is 687 g/mol. The molecule has 0 aliphatic heterocycles. The zero-order valence-electron chi connectivity index (χ0n) is 21.5. The van der Waals surface area contributed by atoms with Crippen LogP contribution < -0.4 is 4.74 Å². The number of aryl methyl sites for hydroxylation is 2. The maximum atomic E-state index is 9.26. The number of ether oxygens (including phenoxy) is 1. The van der Waals surface area contributed by atoms with Gasteiger partial charge in [-0.05, 0) is 85.6 Å². The van der Waals surface area contributed by atoms with E-state index in [0.29, 0.717) is 0 Å². The molecule has 2 heterocycles. The average Bonchev–Trinajstić information content (AvgIpc) is 3.56. The van der Waals surface area contributed by atoms with Gasteiger partial charge in [-0.15, -0.1) is 47.3 Å². The molecule has 4 aromatic carbocycles. The maximum Gasteiger partial charge on any atom is 0.369 e. The summed E-state index contributed by atoms with van der Waals surface area (Å²) in [5, 5.41) is 9.26. The maximum absolute atomic E-state index is 9.26. The minimum atomic E-state index is 0.265. The zero-order valence-corrected chi connectivity index (χ0v) is 26.3. The number of nitrogens with zero attached hydrogens (tertiary/aromatic N) is 2. The van der Waals surface area contributed by atoms with Crippen molar-refractivity contribution in [3.05, 3.63) is 96.1 Å². The summed E-state index contributed by atoms with van der Waals surface area (Å²) in [6, 6.07) is 27.1. The highest BCUT2D eigenvalue weighted by atomic mass is 79.9. The number of fused-ring (bicyclic) bond motifs is 2. The topological polar surface area (TPSA) is 86.8 Å². The standard InChI is InChI=1S/C15H14N2O.C14H12N2O.BBr3/c1-10-4-3-5-13-14(10)17-15(16-13)11-6-8-12(18-2)9-7-11;1-9-3-2-4-12-13(9)16-14(15-12)10-5-7-11(17)8-6-10;2-1(3)4/h3-9H,1-2H3,(H,16,17);2-8,17H,1H3,(H,15,16);. The Hall–Kier alpha value is -3.08. The van der Waals surface area contributed by atoms with E-state index in [2.05, 4.69) is 80.2 Å². The Balaban J connectivity index is 0.000000160. The molecule has 0 saturated heterocycles. The van der Waals surface area contributed by atoms with Gasteiger partial charge in [-0.3, -0.25) is 0 Å². The van der Waals surface area contributed by atoms with Crippen molar-refractivity contribution in [1.29, 1.82) is 0 Å². The van der Waals surface area contributed by atoms with Crippen molar-refractivity contribution < 1.29 is 9.84 Å². The molecule has 6 nitrogen and oxygen atoms in total. The van der Waals surface area contributed by atoms with Crippen LogP contribution in [0, 0.1) is 13.8 Å². The average molecular weight is 713 g/mol. The van der Waals surface area contributed by atoms with Gasteiger partial charge in [0.15, 0.2) is 0 Å². The fourth-order valence-corrected chi connectivity index (χ4v) is 3.99. The smallest absolute Gasteiger partial charge is 0.369 e. The number of hydrogen-bond donors (Lipinski definition) is 3. The van der Waals surface area contributed by atoms with Gasteiger partial charge in [-0.2, -0.15) is 0 Å². The third-order valence-electron chi connectivity index (χ3n) is 5.93. The third-order valence-corrected chi connectivity index (χ3v) is 5.93. The molecule has 0 bridgehead atoms. The number of phenols is 1. The van der Waals surface area contributed by atoms with Gasteiger partial charge in [0.2, 0.25) is 0 Å². The van der Waals surface area contributed by atoms with Crippen LogP contribution in [-0.4, -0.2) is 35.3 Å². The molecule has 2 aromatic heterocycles. The predicted octanol–water partition coefficient (Wildman–Crippen LogP) is 8.95. The molecule has 10 heteroatoms. The van der Waals surface area contributed by atoms with Gasteiger partial charge in [0.05, 0.1) is 29.2 Å². The number of nitrogens with one attached hydrogen (secondary N) is 2. The number of para-hydroxylation sites is 2. The number of halogens is 3. The largest absolute Gasteiger partial charge is 0.508 e. The van der Waals surface area contributed by atoms with Crippen molar-refractivity contribution in [3.63, 3.8) is 0 Å². The first-order chi connectivity index (χ1) is 18.7. The Morgan fingerprint density at radius 2 is 1.08 bits per heavy atom. The molecule has 39 heavy (non-hydrogen) atoms. The van der Waals surface area contributed by atoms with Crippen molar-refractivity contribution in [3.8, 4) is 34.3 Å². The number of rotatable bonds is 3. The first-order valence-electron chi connectivity index (χ1n) is 12.0. The quantitative estimate of drug-likeness (QED) is 0.160. The second kappa shape index (κ2) is 13.3. The molecule has 0 unspecified atom stereocenters. The first-order valence-corrected chi connectivity index (χ1v) is 14.8. The Morgan fingerprint density at radius 1 is 0.667 bits per heavy atom. The lowest BCUT2D eigenvalue weighted by atomic mass is 10.2. The zero-order chi connectivity index (χ0) is 27.9. The van der Waals surface area contributed by atoms with E-state index in [-0.39, 0.29) is 8.93 Å². The Morgan fingerprint density at radius 3 is 1.46 bits per heavy atom. The SMILES string of the molecule is BrB(Br)Br.COc1ccc(-c2nc3c(C)cccc3[nH]2)cc1.Cc1cccc2[nH]c(-c3ccc(O)cc3)nc12. The first kappa shape index (κ1) is 28.9. The molecule has 0 aliphatic rings. The van der Waals surface area contributed by atoms with Crippen LogP contribution in [0.4, 0.5) is 0 Å². The number of aromatic nitrogens is 4. The van der Waals surface area contributed by atoms with Gasteiger partial charge in [-0.1, -0.05) is 24.3 Å². The number of hydrogen-bond acceptors (Lipinski definition) is 4. The normalized spacial score (nSPS) is 10.4.